The van der Waals surface area contributed by atoms with Gasteiger partial charge >= 0.3 is 6.03 Å². The van der Waals surface area contributed by atoms with Gasteiger partial charge in [-0.2, -0.15) is 4.31 Å². The highest BCUT2D eigenvalue weighted by atomic mass is 32.2. The van der Waals surface area contributed by atoms with Crippen molar-refractivity contribution >= 4 is 16.1 Å². The number of carbonyl (C=O) groups excluding carboxylic acids is 1. The van der Waals surface area contributed by atoms with Gasteiger partial charge in [0.05, 0.1) is 10.9 Å². The van der Waals surface area contributed by atoms with Gasteiger partial charge in [-0.15, -0.1) is 0 Å². The number of nitrogens with one attached hydrogen (secondary N) is 1. The molecule has 30 heavy (non-hydrogen) atoms. The van der Waals surface area contributed by atoms with Gasteiger partial charge < -0.3 is 10.2 Å². The van der Waals surface area contributed by atoms with Crippen molar-refractivity contribution in [2.45, 2.75) is 31.2 Å². The monoisotopic (exact) mass is 433 g/mol. The Kier molecular flexibility index (Phi) is 7.10. The van der Waals surface area contributed by atoms with E-state index >= 15 is 0 Å². The zero-order valence-corrected chi connectivity index (χ0v) is 18.1. The van der Waals surface area contributed by atoms with Gasteiger partial charge in [0.25, 0.3) is 0 Å². The van der Waals surface area contributed by atoms with E-state index in [1.54, 1.807) is 4.90 Å². The molecular formula is C22H28FN3O3S. The van der Waals surface area contributed by atoms with Crippen molar-refractivity contribution in [2.75, 3.05) is 26.2 Å². The largest absolute Gasteiger partial charge is 0.331 e. The predicted octanol–water partition coefficient (Wildman–Crippen LogP) is 3.63. The molecule has 2 amide bonds. The number of halogens is 1. The molecule has 1 unspecified atom stereocenters. The second-order valence-corrected chi connectivity index (χ2v) is 9.72. The van der Waals surface area contributed by atoms with E-state index in [4.69, 9.17) is 0 Å². The summed E-state index contributed by atoms with van der Waals surface area (Å²) in [4.78, 5) is 14.6. The van der Waals surface area contributed by atoms with Crippen molar-refractivity contribution in [3.63, 3.8) is 0 Å². The van der Waals surface area contributed by atoms with E-state index in [0.29, 0.717) is 26.1 Å². The molecule has 1 saturated heterocycles. The van der Waals surface area contributed by atoms with E-state index < -0.39 is 15.8 Å². The lowest BCUT2D eigenvalue weighted by molar-refractivity contribution is 0.192. The van der Waals surface area contributed by atoms with Crippen molar-refractivity contribution < 1.29 is 17.6 Å². The lowest BCUT2D eigenvalue weighted by Crippen LogP contribution is -2.44. The average molecular weight is 434 g/mol. The fourth-order valence-corrected chi connectivity index (χ4v) is 5.08. The Bertz CT molecular complexity index is 949. The Labute approximate surface area is 177 Å². The van der Waals surface area contributed by atoms with Crippen LogP contribution in [0.3, 0.4) is 0 Å². The first kappa shape index (κ1) is 22.2. The number of carbonyl (C=O) groups is 1. The van der Waals surface area contributed by atoms with E-state index in [1.165, 1.54) is 16.4 Å². The molecule has 1 aliphatic heterocycles. The van der Waals surface area contributed by atoms with E-state index in [-0.39, 0.29) is 29.4 Å². The van der Waals surface area contributed by atoms with Crippen LogP contribution >= 0.6 is 0 Å². The smallest absolute Gasteiger partial charge is 0.317 e. The fraction of sp³-hybridized carbons (Fsp3) is 0.409. The molecule has 1 heterocycles. The minimum Gasteiger partial charge on any atom is -0.331 e. The van der Waals surface area contributed by atoms with Crippen LogP contribution in [-0.4, -0.2) is 49.8 Å². The summed E-state index contributed by atoms with van der Waals surface area (Å²) in [5.74, 6) is -0.274. The normalized spacial score (nSPS) is 16.9. The van der Waals surface area contributed by atoms with Crippen LogP contribution in [-0.2, 0) is 10.0 Å². The maximum atomic E-state index is 13.1. The summed E-state index contributed by atoms with van der Waals surface area (Å²) >= 11 is 0. The maximum Gasteiger partial charge on any atom is 0.317 e. The minimum atomic E-state index is -3.72. The van der Waals surface area contributed by atoms with Crippen LogP contribution in [0.15, 0.2) is 59.5 Å². The molecule has 1 fully saturated rings. The molecule has 2 aromatic rings. The van der Waals surface area contributed by atoms with E-state index in [1.807, 2.05) is 30.3 Å². The van der Waals surface area contributed by atoms with Crippen molar-refractivity contribution in [1.82, 2.24) is 14.5 Å². The second-order valence-electron chi connectivity index (χ2n) is 7.78. The molecular weight excluding hydrogens is 405 g/mol. The molecule has 0 spiro atoms. The summed E-state index contributed by atoms with van der Waals surface area (Å²) in [6.45, 7) is 5.39. The molecule has 0 bridgehead atoms. The summed E-state index contributed by atoms with van der Waals surface area (Å²) in [6.07, 6.45) is 0.533. The first-order valence-electron chi connectivity index (χ1n) is 10.1. The minimum absolute atomic E-state index is 0.0609. The highest BCUT2D eigenvalue weighted by molar-refractivity contribution is 7.89. The number of amides is 2. The maximum absolute atomic E-state index is 13.1. The lowest BCUT2D eigenvalue weighted by atomic mass is 9.96. The number of benzene rings is 2. The molecule has 0 saturated carbocycles. The third kappa shape index (κ3) is 5.17. The Morgan fingerprint density at radius 3 is 2.27 bits per heavy atom. The molecule has 8 heteroatoms. The summed E-state index contributed by atoms with van der Waals surface area (Å²) in [7, 11) is -3.72. The van der Waals surface area contributed by atoms with Crippen molar-refractivity contribution in [3.05, 3.63) is 66.0 Å². The van der Waals surface area contributed by atoms with Gasteiger partial charge in [-0.1, -0.05) is 44.2 Å². The number of hydrogen-bond donors (Lipinski definition) is 1. The lowest BCUT2D eigenvalue weighted by Gasteiger charge is -2.28. The molecule has 6 nitrogen and oxygen atoms in total. The van der Waals surface area contributed by atoms with Crippen LogP contribution in [0.5, 0.6) is 0 Å². The first-order valence-corrected chi connectivity index (χ1v) is 11.6. The van der Waals surface area contributed by atoms with Crippen LogP contribution in [0.4, 0.5) is 9.18 Å². The average Bonchev–Trinajstić information content (AvgIpc) is 2.99. The molecule has 0 aliphatic carbocycles. The van der Waals surface area contributed by atoms with Crippen LogP contribution in [0.2, 0.25) is 0 Å². The third-order valence-corrected chi connectivity index (χ3v) is 7.21. The van der Waals surface area contributed by atoms with Crippen LogP contribution in [0.25, 0.3) is 0 Å². The van der Waals surface area contributed by atoms with Gasteiger partial charge in [-0.3, -0.25) is 0 Å². The molecule has 1 N–H and O–H groups in total. The predicted molar refractivity (Wildman–Crippen MR) is 114 cm³/mol. The Hall–Kier alpha value is -2.45. The molecule has 2 aromatic carbocycles. The summed E-state index contributed by atoms with van der Waals surface area (Å²) < 4.78 is 40.2. The first-order chi connectivity index (χ1) is 14.3. The van der Waals surface area contributed by atoms with Gasteiger partial charge in [-0.05, 0) is 42.2 Å². The molecule has 0 aromatic heterocycles. The fourth-order valence-electron chi connectivity index (χ4n) is 3.61. The number of rotatable bonds is 5. The highest BCUT2D eigenvalue weighted by Crippen LogP contribution is 2.22. The molecule has 1 aliphatic rings. The van der Waals surface area contributed by atoms with Gasteiger partial charge in [0.15, 0.2) is 0 Å². The van der Waals surface area contributed by atoms with Crippen molar-refractivity contribution in [2.24, 2.45) is 5.92 Å². The summed E-state index contributed by atoms with van der Waals surface area (Å²) in [5.41, 5.74) is 1.04. The summed E-state index contributed by atoms with van der Waals surface area (Å²) in [6, 6.07) is 14.3. The highest BCUT2D eigenvalue weighted by Gasteiger charge is 2.29. The Morgan fingerprint density at radius 1 is 0.967 bits per heavy atom. The third-order valence-electron chi connectivity index (χ3n) is 5.30. The van der Waals surface area contributed by atoms with Gasteiger partial charge in [0.1, 0.15) is 5.82 Å². The van der Waals surface area contributed by atoms with Crippen molar-refractivity contribution in [3.8, 4) is 0 Å². The second kappa shape index (κ2) is 9.57. The van der Waals surface area contributed by atoms with Crippen LogP contribution < -0.4 is 5.32 Å². The van der Waals surface area contributed by atoms with Gasteiger partial charge in [0, 0.05) is 26.2 Å². The number of urea groups is 1. The van der Waals surface area contributed by atoms with Crippen LogP contribution in [0.1, 0.15) is 31.9 Å². The molecule has 162 valence electrons. The van der Waals surface area contributed by atoms with Gasteiger partial charge in [0.2, 0.25) is 10.0 Å². The van der Waals surface area contributed by atoms with E-state index in [2.05, 4.69) is 19.2 Å². The van der Waals surface area contributed by atoms with E-state index in [0.717, 1.165) is 17.7 Å². The van der Waals surface area contributed by atoms with Crippen molar-refractivity contribution in [1.29, 1.82) is 0 Å². The number of nitrogens with zero attached hydrogens (tertiary/aromatic N) is 2. The molecule has 1 atom stereocenters. The zero-order valence-electron chi connectivity index (χ0n) is 17.3. The Morgan fingerprint density at radius 2 is 1.63 bits per heavy atom. The zero-order chi connectivity index (χ0) is 21.7. The van der Waals surface area contributed by atoms with E-state index in [9.17, 15) is 17.6 Å². The molecule has 0 radical (unpaired) electrons. The number of hydrogen-bond acceptors (Lipinski definition) is 3. The quantitative estimate of drug-likeness (QED) is 0.783. The van der Waals surface area contributed by atoms with Crippen LogP contribution in [0, 0.1) is 11.7 Å². The summed E-state index contributed by atoms with van der Waals surface area (Å²) in [5, 5.41) is 3.10. The molecule has 3 rings (SSSR count). The SMILES string of the molecule is CC(C)C(NC(=O)N1CCCN(S(=O)(=O)c2ccc(F)cc2)CC1)c1ccccc1. The number of sulfonamides is 1. The van der Waals surface area contributed by atoms with Gasteiger partial charge in [-0.25, -0.2) is 17.6 Å². The Balaban J connectivity index is 1.67. The topological polar surface area (TPSA) is 69.7 Å². The standard InChI is InChI=1S/C22H28FN3O3S/c1-17(2)21(18-7-4-3-5-8-18)24-22(27)25-13-6-14-26(16-15-25)30(28,29)20-11-9-19(23)10-12-20/h3-5,7-12,17,21H,6,13-16H2,1-2H3,(H,24,27).